The van der Waals surface area contributed by atoms with Crippen molar-refractivity contribution in [2.75, 3.05) is 4.90 Å². The zero-order valence-electron chi connectivity index (χ0n) is 22.2. The van der Waals surface area contributed by atoms with E-state index in [-0.39, 0.29) is 0 Å². The lowest BCUT2D eigenvalue weighted by Gasteiger charge is -2.27. The highest BCUT2D eigenvalue weighted by molar-refractivity contribution is 6.14. The molecule has 41 heavy (non-hydrogen) atoms. The highest BCUT2D eigenvalue weighted by Gasteiger charge is 2.31. The molecule has 0 radical (unpaired) electrons. The molecule has 3 heteroatoms. The fourth-order valence-corrected chi connectivity index (χ4v) is 6.62. The molecule has 0 atom stereocenters. The molecule has 0 spiro atoms. The Bertz CT molecular complexity index is 2270. The Morgan fingerprint density at radius 2 is 1.07 bits per heavy atom. The fraction of sp³-hybridized carbons (Fsp3) is 0. The number of benzene rings is 6. The molecule has 6 aromatic carbocycles. The van der Waals surface area contributed by atoms with Gasteiger partial charge in [0.25, 0.3) is 0 Å². The summed E-state index contributed by atoms with van der Waals surface area (Å²) < 4.78 is 8.61. The fourth-order valence-electron chi connectivity index (χ4n) is 6.62. The minimum absolute atomic E-state index is 0.899. The zero-order valence-corrected chi connectivity index (χ0v) is 22.2. The van der Waals surface area contributed by atoms with Crippen molar-refractivity contribution in [3.8, 4) is 28.1 Å². The van der Waals surface area contributed by atoms with Crippen LogP contribution in [0.25, 0.3) is 60.9 Å². The summed E-state index contributed by atoms with van der Waals surface area (Å²) in [6.07, 6.45) is 0. The molecule has 0 unspecified atom stereocenters. The topological polar surface area (TPSA) is 21.3 Å². The molecule has 0 saturated carbocycles. The third-order valence-corrected chi connectivity index (χ3v) is 8.32. The number of aromatic nitrogens is 1. The molecule has 1 aliphatic heterocycles. The van der Waals surface area contributed by atoms with Gasteiger partial charge in [0, 0.05) is 44.2 Å². The molecular formula is C38H24N2O. The van der Waals surface area contributed by atoms with Crippen LogP contribution in [-0.2, 0) is 0 Å². The number of anilines is 3. The van der Waals surface area contributed by atoms with E-state index in [1.54, 1.807) is 0 Å². The second-order valence-corrected chi connectivity index (χ2v) is 10.6. The molecular weight excluding hydrogens is 500 g/mol. The van der Waals surface area contributed by atoms with Gasteiger partial charge in [-0.1, -0.05) is 91.0 Å². The third kappa shape index (κ3) is 3.14. The smallest absolute Gasteiger partial charge is 0.135 e. The SMILES string of the molecule is c1ccc(-n2c3c(c4ccccc42)-c2ccccc2N(c2ccc4oc5ccccc5c4c2)c2ccccc2-3)cc1. The standard InChI is InChI=1S/C38H24N2O/c1-2-12-25(13-3-1)40-33-19-9-5-16-29(33)37-28-15-4-8-18-32(28)39(34-20-10-6-17-30(34)38(37)40)26-22-23-36-31(24-26)27-14-7-11-21-35(27)41-36/h1-24H. The Morgan fingerprint density at radius 1 is 0.439 bits per heavy atom. The molecule has 0 fully saturated rings. The van der Waals surface area contributed by atoms with Gasteiger partial charge in [0.15, 0.2) is 0 Å². The molecule has 0 bridgehead atoms. The van der Waals surface area contributed by atoms with E-state index in [1.165, 1.54) is 33.3 Å². The number of hydrogen-bond acceptors (Lipinski definition) is 2. The number of fused-ring (bicyclic) bond motifs is 10. The highest BCUT2D eigenvalue weighted by atomic mass is 16.3. The third-order valence-electron chi connectivity index (χ3n) is 8.32. The first-order valence-corrected chi connectivity index (χ1v) is 14.0. The van der Waals surface area contributed by atoms with E-state index in [9.17, 15) is 0 Å². The summed E-state index contributed by atoms with van der Waals surface area (Å²) in [5.41, 5.74) is 12.4. The molecule has 3 nitrogen and oxygen atoms in total. The number of rotatable bonds is 2. The number of nitrogens with zero attached hydrogens (tertiary/aromatic N) is 2. The van der Waals surface area contributed by atoms with Crippen LogP contribution >= 0.6 is 0 Å². The van der Waals surface area contributed by atoms with Crippen molar-refractivity contribution < 1.29 is 4.42 Å². The zero-order chi connectivity index (χ0) is 26.9. The van der Waals surface area contributed by atoms with Gasteiger partial charge in [-0.25, -0.2) is 0 Å². The summed E-state index contributed by atoms with van der Waals surface area (Å²) in [6.45, 7) is 0. The van der Waals surface area contributed by atoms with Crippen molar-refractivity contribution in [1.82, 2.24) is 4.57 Å². The average molecular weight is 525 g/mol. The van der Waals surface area contributed by atoms with Gasteiger partial charge in [-0.15, -0.1) is 0 Å². The van der Waals surface area contributed by atoms with E-state index in [0.29, 0.717) is 0 Å². The van der Waals surface area contributed by atoms with Crippen molar-refractivity contribution in [2.24, 2.45) is 0 Å². The van der Waals surface area contributed by atoms with Crippen LogP contribution in [0, 0.1) is 0 Å². The van der Waals surface area contributed by atoms with E-state index in [2.05, 4.69) is 143 Å². The van der Waals surface area contributed by atoms with E-state index in [4.69, 9.17) is 4.42 Å². The normalized spacial score (nSPS) is 12.3. The van der Waals surface area contributed by atoms with Crippen molar-refractivity contribution >= 4 is 49.9 Å². The maximum atomic E-state index is 6.19. The predicted molar refractivity (Wildman–Crippen MR) is 170 cm³/mol. The van der Waals surface area contributed by atoms with Gasteiger partial charge in [-0.2, -0.15) is 0 Å². The van der Waals surface area contributed by atoms with E-state index in [0.717, 1.165) is 44.7 Å². The van der Waals surface area contributed by atoms with Crippen molar-refractivity contribution in [3.63, 3.8) is 0 Å². The van der Waals surface area contributed by atoms with Crippen LogP contribution in [-0.4, -0.2) is 4.57 Å². The minimum Gasteiger partial charge on any atom is -0.456 e. The largest absolute Gasteiger partial charge is 0.456 e. The van der Waals surface area contributed by atoms with Crippen LogP contribution in [0.1, 0.15) is 0 Å². The van der Waals surface area contributed by atoms with Gasteiger partial charge in [0.2, 0.25) is 0 Å². The Hall–Kier alpha value is -5.54. The molecule has 3 heterocycles. The molecule has 0 aliphatic carbocycles. The van der Waals surface area contributed by atoms with Crippen LogP contribution in [0.2, 0.25) is 0 Å². The molecule has 0 amide bonds. The highest BCUT2D eigenvalue weighted by Crippen LogP contribution is 2.54. The number of hydrogen-bond donors (Lipinski definition) is 0. The van der Waals surface area contributed by atoms with Gasteiger partial charge < -0.3 is 13.9 Å². The Balaban J connectivity index is 1.42. The first-order valence-electron chi connectivity index (χ1n) is 14.0. The van der Waals surface area contributed by atoms with Crippen molar-refractivity contribution in [1.29, 1.82) is 0 Å². The Kier molecular flexibility index (Phi) is 4.61. The summed E-state index contributed by atoms with van der Waals surface area (Å²) in [5.74, 6) is 0. The van der Waals surface area contributed by atoms with Crippen LogP contribution in [0.5, 0.6) is 0 Å². The summed E-state index contributed by atoms with van der Waals surface area (Å²) >= 11 is 0. The van der Waals surface area contributed by atoms with Crippen LogP contribution < -0.4 is 4.90 Å². The molecule has 2 aromatic heterocycles. The van der Waals surface area contributed by atoms with E-state index in [1.807, 2.05) is 12.1 Å². The maximum absolute atomic E-state index is 6.19. The van der Waals surface area contributed by atoms with Gasteiger partial charge in [0.1, 0.15) is 11.2 Å². The lowest BCUT2D eigenvalue weighted by Crippen LogP contribution is -2.11. The van der Waals surface area contributed by atoms with Crippen molar-refractivity contribution in [3.05, 3.63) is 146 Å². The molecule has 192 valence electrons. The van der Waals surface area contributed by atoms with Gasteiger partial charge in [-0.05, 0) is 54.6 Å². The first-order chi connectivity index (χ1) is 20.4. The summed E-state index contributed by atoms with van der Waals surface area (Å²) in [7, 11) is 0. The summed E-state index contributed by atoms with van der Waals surface area (Å²) in [5, 5.41) is 3.49. The minimum atomic E-state index is 0.899. The Labute approximate surface area is 237 Å². The van der Waals surface area contributed by atoms with Crippen LogP contribution in [0.4, 0.5) is 17.1 Å². The maximum Gasteiger partial charge on any atom is 0.135 e. The number of furan rings is 1. The second kappa shape index (κ2) is 8.48. The second-order valence-electron chi connectivity index (χ2n) is 10.6. The summed E-state index contributed by atoms with van der Waals surface area (Å²) in [6, 6.07) is 51.9. The molecule has 0 N–H and O–H groups in total. The Morgan fingerprint density at radius 3 is 1.93 bits per heavy atom. The van der Waals surface area contributed by atoms with Gasteiger partial charge in [0.05, 0.1) is 22.6 Å². The lowest BCUT2D eigenvalue weighted by molar-refractivity contribution is 0.669. The first kappa shape index (κ1) is 22.3. The van der Waals surface area contributed by atoms with Crippen LogP contribution in [0.3, 0.4) is 0 Å². The molecule has 8 aromatic rings. The van der Waals surface area contributed by atoms with E-state index >= 15 is 0 Å². The van der Waals surface area contributed by atoms with Gasteiger partial charge >= 0.3 is 0 Å². The molecule has 1 aliphatic rings. The molecule has 0 saturated heterocycles. The quantitative estimate of drug-likeness (QED) is 0.224. The lowest BCUT2D eigenvalue weighted by atomic mass is 9.98. The monoisotopic (exact) mass is 524 g/mol. The van der Waals surface area contributed by atoms with E-state index < -0.39 is 0 Å². The molecule has 9 rings (SSSR count). The number of para-hydroxylation sites is 5. The van der Waals surface area contributed by atoms with Gasteiger partial charge in [-0.3, -0.25) is 0 Å². The van der Waals surface area contributed by atoms with Crippen molar-refractivity contribution in [2.45, 2.75) is 0 Å². The predicted octanol–water partition coefficient (Wildman–Crippen LogP) is 10.6. The average Bonchev–Trinajstić information content (AvgIpc) is 3.54. The van der Waals surface area contributed by atoms with Crippen LogP contribution in [0.15, 0.2) is 150 Å². The summed E-state index contributed by atoms with van der Waals surface area (Å²) in [4.78, 5) is 2.41.